The number of hydrogen-bond donors (Lipinski definition) is 0. The zero-order chi connectivity index (χ0) is 19.5. The molecule has 1 aliphatic heterocycles. The van der Waals surface area contributed by atoms with Crippen LogP contribution in [0.25, 0.3) is 11.3 Å². The Morgan fingerprint density at radius 1 is 1.25 bits per heavy atom. The molecule has 0 aliphatic carbocycles. The lowest BCUT2D eigenvalue weighted by Gasteiger charge is -2.23. The van der Waals surface area contributed by atoms with Crippen LogP contribution < -0.4 is 4.90 Å². The fraction of sp³-hybridized carbons (Fsp3) is 0.273. The number of aromatic nitrogens is 1. The van der Waals surface area contributed by atoms with Gasteiger partial charge in [0.25, 0.3) is 5.91 Å². The van der Waals surface area contributed by atoms with Crippen molar-refractivity contribution in [1.82, 2.24) is 4.98 Å². The summed E-state index contributed by atoms with van der Waals surface area (Å²) in [5.41, 5.74) is 3.02. The number of nitrogens with zero attached hydrogens (tertiary/aromatic N) is 2. The normalized spacial score (nSPS) is 16.3. The molecule has 1 aliphatic rings. The van der Waals surface area contributed by atoms with Crippen LogP contribution in [-0.4, -0.2) is 30.1 Å². The maximum absolute atomic E-state index is 14.2. The van der Waals surface area contributed by atoms with Gasteiger partial charge in [0.05, 0.1) is 23.9 Å². The summed E-state index contributed by atoms with van der Waals surface area (Å²) >= 11 is 1.38. The molecule has 0 saturated carbocycles. The molecule has 0 bridgehead atoms. The van der Waals surface area contributed by atoms with E-state index in [-0.39, 0.29) is 11.7 Å². The van der Waals surface area contributed by atoms with Gasteiger partial charge in [-0.1, -0.05) is 42.0 Å². The number of ether oxygens (including phenoxy) is 1. The quantitative estimate of drug-likeness (QED) is 0.604. The van der Waals surface area contributed by atoms with Gasteiger partial charge in [0.15, 0.2) is 5.13 Å². The van der Waals surface area contributed by atoms with Gasteiger partial charge in [-0.3, -0.25) is 9.69 Å². The number of rotatable bonds is 5. The third-order valence-corrected chi connectivity index (χ3v) is 5.69. The lowest BCUT2D eigenvalue weighted by molar-refractivity contribution is 0.0914. The van der Waals surface area contributed by atoms with Gasteiger partial charge in [-0.15, -0.1) is 11.3 Å². The first-order valence-corrected chi connectivity index (χ1v) is 10.2. The van der Waals surface area contributed by atoms with Crippen LogP contribution in [0.15, 0.2) is 53.9 Å². The van der Waals surface area contributed by atoms with Crippen LogP contribution in [0.1, 0.15) is 28.8 Å². The van der Waals surface area contributed by atoms with E-state index in [4.69, 9.17) is 4.74 Å². The highest BCUT2D eigenvalue weighted by molar-refractivity contribution is 7.14. The second kappa shape index (κ2) is 8.20. The molecule has 144 valence electrons. The fourth-order valence-corrected chi connectivity index (χ4v) is 4.11. The summed E-state index contributed by atoms with van der Waals surface area (Å²) in [5, 5.41) is 2.48. The van der Waals surface area contributed by atoms with Crippen LogP contribution in [0.5, 0.6) is 0 Å². The minimum absolute atomic E-state index is 0.0487. The highest BCUT2D eigenvalue weighted by Crippen LogP contribution is 2.30. The number of benzene rings is 2. The van der Waals surface area contributed by atoms with E-state index in [0.29, 0.717) is 18.3 Å². The van der Waals surface area contributed by atoms with Crippen molar-refractivity contribution in [2.24, 2.45) is 0 Å². The van der Waals surface area contributed by atoms with Crippen molar-refractivity contribution >= 4 is 22.4 Å². The maximum atomic E-state index is 14.2. The molecule has 2 heterocycles. The fourth-order valence-electron chi connectivity index (χ4n) is 3.27. The van der Waals surface area contributed by atoms with E-state index >= 15 is 0 Å². The minimum atomic E-state index is -0.528. The van der Waals surface area contributed by atoms with Crippen molar-refractivity contribution in [3.05, 3.63) is 70.9 Å². The van der Waals surface area contributed by atoms with Crippen LogP contribution in [-0.2, 0) is 4.74 Å². The lowest BCUT2D eigenvalue weighted by Crippen LogP contribution is -2.38. The molecule has 3 aromatic rings. The standard InChI is InChI=1S/C22H21FN2O2S/c1-15-8-10-16(11-9-15)20-14-28-22(24-20)25(13-17-5-4-12-27-17)21(26)18-6-2-3-7-19(18)23/h2-3,6-11,14,17H,4-5,12-13H2,1H3/t17-/m0/s1. The van der Waals surface area contributed by atoms with Crippen molar-refractivity contribution in [2.75, 3.05) is 18.1 Å². The third kappa shape index (κ3) is 3.98. The summed E-state index contributed by atoms with van der Waals surface area (Å²) in [6.45, 7) is 3.10. The van der Waals surface area contributed by atoms with E-state index in [9.17, 15) is 9.18 Å². The topological polar surface area (TPSA) is 42.4 Å². The van der Waals surface area contributed by atoms with Crippen molar-refractivity contribution in [3.63, 3.8) is 0 Å². The van der Waals surface area contributed by atoms with E-state index in [0.717, 1.165) is 24.1 Å². The van der Waals surface area contributed by atoms with Gasteiger partial charge in [0.2, 0.25) is 0 Å². The van der Waals surface area contributed by atoms with E-state index in [2.05, 4.69) is 4.98 Å². The predicted octanol–water partition coefficient (Wildman–Crippen LogP) is 5.08. The van der Waals surface area contributed by atoms with Gasteiger partial charge < -0.3 is 4.74 Å². The zero-order valence-corrected chi connectivity index (χ0v) is 16.4. The SMILES string of the molecule is Cc1ccc(-c2csc(N(C[C@@H]3CCCO3)C(=O)c3ccccc3F)n2)cc1. The molecule has 1 fully saturated rings. The Hall–Kier alpha value is -2.57. The van der Waals surface area contributed by atoms with Crippen molar-refractivity contribution < 1.29 is 13.9 Å². The van der Waals surface area contributed by atoms with Crippen LogP contribution in [0.2, 0.25) is 0 Å². The Morgan fingerprint density at radius 3 is 2.75 bits per heavy atom. The molecule has 0 radical (unpaired) electrons. The second-order valence-electron chi connectivity index (χ2n) is 6.91. The van der Waals surface area contributed by atoms with E-state index in [1.54, 1.807) is 17.0 Å². The summed E-state index contributed by atoms with van der Waals surface area (Å²) in [4.78, 5) is 19.4. The molecule has 1 amide bonds. The van der Waals surface area contributed by atoms with Gasteiger partial charge in [-0.25, -0.2) is 9.37 Å². The van der Waals surface area contributed by atoms with Gasteiger partial charge in [-0.2, -0.15) is 0 Å². The number of aryl methyl sites for hydroxylation is 1. The number of hydrogen-bond acceptors (Lipinski definition) is 4. The summed E-state index contributed by atoms with van der Waals surface area (Å²) in [7, 11) is 0. The maximum Gasteiger partial charge on any atom is 0.263 e. The van der Waals surface area contributed by atoms with Crippen LogP contribution >= 0.6 is 11.3 Å². The minimum Gasteiger partial charge on any atom is -0.376 e. The Morgan fingerprint density at radius 2 is 2.04 bits per heavy atom. The highest BCUT2D eigenvalue weighted by atomic mass is 32.1. The molecule has 4 rings (SSSR count). The van der Waals surface area contributed by atoms with Gasteiger partial charge in [0, 0.05) is 17.6 Å². The Bertz CT molecular complexity index is 965. The first-order chi connectivity index (χ1) is 13.6. The molecular formula is C22H21FN2O2S. The van der Waals surface area contributed by atoms with E-state index in [1.165, 1.54) is 29.0 Å². The number of halogens is 1. The number of anilines is 1. The summed E-state index contributed by atoms with van der Waals surface area (Å²) < 4.78 is 20.0. The van der Waals surface area contributed by atoms with Crippen molar-refractivity contribution in [3.8, 4) is 11.3 Å². The summed E-state index contributed by atoms with van der Waals surface area (Å²) in [6.07, 6.45) is 1.80. The molecule has 6 heteroatoms. The van der Waals surface area contributed by atoms with Gasteiger partial charge in [0.1, 0.15) is 5.82 Å². The number of carbonyl (C=O) groups is 1. The third-order valence-electron chi connectivity index (χ3n) is 4.83. The average molecular weight is 396 g/mol. The molecule has 0 N–H and O–H groups in total. The Labute approximate surface area is 167 Å². The first-order valence-electron chi connectivity index (χ1n) is 9.32. The van der Waals surface area contributed by atoms with Crippen LogP contribution in [0.4, 0.5) is 9.52 Å². The second-order valence-corrected chi connectivity index (χ2v) is 7.75. The Balaban J connectivity index is 1.66. The molecule has 1 atom stereocenters. The Kier molecular flexibility index (Phi) is 5.50. The van der Waals surface area contributed by atoms with Crippen molar-refractivity contribution in [1.29, 1.82) is 0 Å². The molecule has 28 heavy (non-hydrogen) atoms. The monoisotopic (exact) mass is 396 g/mol. The van der Waals surface area contributed by atoms with Crippen LogP contribution in [0.3, 0.4) is 0 Å². The first kappa shape index (κ1) is 18.8. The molecule has 0 unspecified atom stereocenters. The van der Waals surface area contributed by atoms with Gasteiger partial charge in [-0.05, 0) is 31.9 Å². The molecule has 1 aromatic heterocycles. The van der Waals surface area contributed by atoms with Crippen LogP contribution in [0, 0.1) is 12.7 Å². The number of thiazole rings is 1. The smallest absolute Gasteiger partial charge is 0.263 e. The summed E-state index contributed by atoms with van der Waals surface area (Å²) in [5.74, 6) is -0.918. The number of carbonyl (C=O) groups excluding carboxylic acids is 1. The van der Waals surface area contributed by atoms with E-state index in [1.807, 2.05) is 36.6 Å². The molecular weight excluding hydrogens is 375 g/mol. The molecule has 0 spiro atoms. The lowest BCUT2D eigenvalue weighted by atomic mass is 10.1. The van der Waals surface area contributed by atoms with E-state index < -0.39 is 11.7 Å². The zero-order valence-electron chi connectivity index (χ0n) is 15.6. The van der Waals surface area contributed by atoms with Gasteiger partial charge >= 0.3 is 0 Å². The van der Waals surface area contributed by atoms with Crippen molar-refractivity contribution in [2.45, 2.75) is 25.9 Å². The number of amides is 1. The molecule has 1 saturated heterocycles. The molecule has 2 aromatic carbocycles. The highest BCUT2D eigenvalue weighted by Gasteiger charge is 2.28. The molecule has 4 nitrogen and oxygen atoms in total. The predicted molar refractivity (Wildman–Crippen MR) is 109 cm³/mol. The summed E-state index contributed by atoms with van der Waals surface area (Å²) in [6, 6.07) is 14.1. The average Bonchev–Trinajstić information content (AvgIpc) is 3.39. The largest absolute Gasteiger partial charge is 0.376 e.